The molecule has 94 valence electrons. The number of carboxylic acid groups (broad SMARTS) is 1. The zero-order chi connectivity index (χ0) is 13.1. The van der Waals surface area contributed by atoms with Gasteiger partial charge in [0.15, 0.2) is 0 Å². The van der Waals surface area contributed by atoms with Gasteiger partial charge in [0.2, 0.25) is 0 Å². The molecule has 0 heterocycles. The maximum Gasteiger partial charge on any atom is 0.408 e. The van der Waals surface area contributed by atoms with Crippen LogP contribution in [0.5, 0.6) is 0 Å². The van der Waals surface area contributed by atoms with Gasteiger partial charge in [0.05, 0.1) is 6.04 Å². The third-order valence-electron chi connectivity index (χ3n) is 2.02. The van der Waals surface area contributed by atoms with Crippen LogP contribution in [0.3, 0.4) is 0 Å². The molecule has 17 heavy (non-hydrogen) atoms. The molecule has 5 heteroatoms. The fraction of sp³-hybridized carbons (Fsp3) is 0.500. The molecular weight excluding hydrogens is 222 g/mol. The first kappa shape index (κ1) is 13.3. The zero-order valence-electron chi connectivity index (χ0n) is 10.2. The average Bonchev–Trinajstić information content (AvgIpc) is 2.14. The van der Waals surface area contributed by atoms with E-state index in [0.29, 0.717) is 6.42 Å². The number of carboxylic acids is 1. The summed E-state index contributed by atoms with van der Waals surface area (Å²) in [5.41, 5.74) is -0.296. The molecule has 0 aromatic heterocycles. The third kappa shape index (κ3) is 4.72. The number of carbonyl (C=O) groups is 2. The van der Waals surface area contributed by atoms with Crippen LogP contribution >= 0.6 is 0 Å². The molecule has 1 aliphatic carbocycles. The highest BCUT2D eigenvalue weighted by atomic mass is 16.6. The van der Waals surface area contributed by atoms with E-state index >= 15 is 0 Å². The van der Waals surface area contributed by atoms with Crippen LogP contribution in [0.15, 0.2) is 23.8 Å². The Kier molecular flexibility index (Phi) is 3.93. The third-order valence-corrected chi connectivity index (χ3v) is 2.02. The Labute approximate surface area is 100 Å². The van der Waals surface area contributed by atoms with Gasteiger partial charge in [-0.25, -0.2) is 9.59 Å². The van der Waals surface area contributed by atoms with Gasteiger partial charge < -0.3 is 15.2 Å². The van der Waals surface area contributed by atoms with Crippen LogP contribution in [-0.2, 0) is 9.53 Å². The Hall–Kier alpha value is -1.78. The Balaban J connectivity index is 2.57. The van der Waals surface area contributed by atoms with E-state index in [2.05, 4.69) is 5.32 Å². The van der Waals surface area contributed by atoms with Crippen molar-refractivity contribution in [3.8, 4) is 0 Å². The summed E-state index contributed by atoms with van der Waals surface area (Å²) in [4.78, 5) is 22.2. The predicted molar refractivity (Wildman–Crippen MR) is 62.6 cm³/mol. The molecular formula is C12H17NO4. The van der Waals surface area contributed by atoms with Crippen molar-refractivity contribution in [2.45, 2.75) is 38.8 Å². The number of amides is 1. The molecule has 1 amide bonds. The van der Waals surface area contributed by atoms with Crippen molar-refractivity contribution in [1.29, 1.82) is 0 Å². The van der Waals surface area contributed by atoms with E-state index in [1.807, 2.05) is 0 Å². The fourth-order valence-electron chi connectivity index (χ4n) is 1.37. The van der Waals surface area contributed by atoms with Crippen LogP contribution in [0.2, 0.25) is 0 Å². The van der Waals surface area contributed by atoms with Crippen molar-refractivity contribution in [3.05, 3.63) is 23.8 Å². The van der Waals surface area contributed by atoms with Crippen LogP contribution in [0.25, 0.3) is 0 Å². The number of ether oxygens (including phenoxy) is 1. The molecule has 0 aromatic carbocycles. The number of nitrogens with one attached hydrogen (secondary N) is 1. The first-order chi connectivity index (χ1) is 7.78. The van der Waals surface area contributed by atoms with Crippen molar-refractivity contribution in [2.24, 2.45) is 0 Å². The second-order valence-corrected chi connectivity index (χ2v) is 4.80. The molecule has 1 atom stereocenters. The molecule has 0 saturated carbocycles. The van der Waals surface area contributed by atoms with E-state index < -0.39 is 23.7 Å². The topological polar surface area (TPSA) is 75.6 Å². The quantitative estimate of drug-likeness (QED) is 0.721. The van der Waals surface area contributed by atoms with Crippen molar-refractivity contribution in [3.63, 3.8) is 0 Å². The summed E-state index contributed by atoms with van der Waals surface area (Å²) in [6.45, 7) is 5.30. The molecule has 0 radical (unpaired) electrons. The van der Waals surface area contributed by atoms with E-state index in [0.717, 1.165) is 0 Å². The van der Waals surface area contributed by atoms with Crippen molar-refractivity contribution in [1.82, 2.24) is 5.32 Å². The van der Waals surface area contributed by atoms with Crippen LogP contribution in [-0.4, -0.2) is 28.8 Å². The van der Waals surface area contributed by atoms with E-state index in [1.165, 1.54) is 6.08 Å². The first-order valence-corrected chi connectivity index (χ1v) is 5.38. The lowest BCUT2D eigenvalue weighted by Crippen LogP contribution is -2.38. The summed E-state index contributed by atoms with van der Waals surface area (Å²) >= 11 is 0. The Morgan fingerprint density at radius 1 is 1.47 bits per heavy atom. The Bertz CT molecular complexity index is 376. The van der Waals surface area contributed by atoms with Crippen molar-refractivity contribution in [2.75, 3.05) is 0 Å². The molecule has 2 N–H and O–H groups in total. The number of alkyl carbamates (subject to hydrolysis) is 1. The number of allylic oxidation sites excluding steroid dienone is 1. The van der Waals surface area contributed by atoms with Gasteiger partial charge in [0.25, 0.3) is 0 Å². The second-order valence-electron chi connectivity index (χ2n) is 4.80. The largest absolute Gasteiger partial charge is 0.478 e. The molecule has 1 rings (SSSR count). The molecule has 0 aliphatic heterocycles. The molecule has 0 bridgehead atoms. The van der Waals surface area contributed by atoms with Gasteiger partial charge in [0, 0.05) is 5.57 Å². The minimum atomic E-state index is -0.967. The Morgan fingerprint density at radius 2 is 2.12 bits per heavy atom. The van der Waals surface area contributed by atoms with Gasteiger partial charge in [-0.15, -0.1) is 0 Å². The number of carbonyl (C=O) groups excluding carboxylic acids is 1. The van der Waals surface area contributed by atoms with E-state index in [4.69, 9.17) is 9.84 Å². The lowest BCUT2D eigenvalue weighted by Gasteiger charge is -2.22. The number of hydrogen-bond acceptors (Lipinski definition) is 3. The van der Waals surface area contributed by atoms with Crippen molar-refractivity contribution >= 4 is 12.1 Å². The van der Waals surface area contributed by atoms with Crippen LogP contribution < -0.4 is 5.32 Å². The predicted octanol–water partition coefficient (Wildman–Crippen LogP) is 1.85. The van der Waals surface area contributed by atoms with Gasteiger partial charge in [-0.1, -0.05) is 12.2 Å². The maximum atomic E-state index is 11.5. The van der Waals surface area contributed by atoms with Gasteiger partial charge >= 0.3 is 12.1 Å². The number of hydrogen-bond donors (Lipinski definition) is 2. The minimum Gasteiger partial charge on any atom is -0.478 e. The average molecular weight is 239 g/mol. The zero-order valence-corrected chi connectivity index (χ0v) is 10.2. The lowest BCUT2D eigenvalue weighted by atomic mass is 10.0. The van der Waals surface area contributed by atoms with E-state index in [9.17, 15) is 9.59 Å². The molecule has 0 spiro atoms. The molecule has 0 aromatic rings. The highest BCUT2D eigenvalue weighted by Crippen LogP contribution is 2.12. The summed E-state index contributed by atoms with van der Waals surface area (Å²) in [6, 6.07) is -0.426. The molecule has 0 saturated heterocycles. The lowest BCUT2D eigenvalue weighted by molar-refractivity contribution is -0.132. The van der Waals surface area contributed by atoms with E-state index in [1.54, 1.807) is 32.9 Å². The maximum absolute atomic E-state index is 11.5. The summed E-state index contributed by atoms with van der Waals surface area (Å²) in [5, 5.41) is 11.4. The van der Waals surface area contributed by atoms with E-state index in [-0.39, 0.29) is 5.57 Å². The second kappa shape index (κ2) is 5.03. The van der Waals surface area contributed by atoms with Crippen LogP contribution in [0.1, 0.15) is 27.2 Å². The monoisotopic (exact) mass is 239 g/mol. The highest BCUT2D eigenvalue weighted by Gasteiger charge is 2.19. The minimum absolute atomic E-state index is 0.272. The van der Waals surface area contributed by atoms with Gasteiger partial charge in [-0.2, -0.15) is 0 Å². The number of rotatable bonds is 2. The standard InChI is InChI=1S/C12H17NO4/c1-12(2,3)17-11(16)13-9-6-4-5-8(7-9)10(14)15/h4,6-7,9H,5H2,1-3H3,(H,13,16)(H,14,15). The van der Waals surface area contributed by atoms with Gasteiger partial charge in [-0.3, -0.25) is 0 Å². The smallest absolute Gasteiger partial charge is 0.408 e. The Morgan fingerprint density at radius 3 is 2.65 bits per heavy atom. The molecule has 1 aliphatic rings. The fourth-order valence-corrected chi connectivity index (χ4v) is 1.37. The van der Waals surface area contributed by atoms with Gasteiger partial charge in [0.1, 0.15) is 5.60 Å². The summed E-state index contributed by atoms with van der Waals surface area (Å²) < 4.78 is 5.08. The van der Waals surface area contributed by atoms with Crippen molar-refractivity contribution < 1.29 is 19.4 Å². The SMILES string of the molecule is CC(C)(C)OC(=O)NC1C=CCC(C(=O)O)=C1. The molecule has 5 nitrogen and oxygen atoms in total. The number of aliphatic carboxylic acids is 1. The summed E-state index contributed by atoms with van der Waals surface area (Å²) in [7, 11) is 0. The normalized spacial score (nSPS) is 19.5. The van der Waals surface area contributed by atoms with Crippen LogP contribution in [0.4, 0.5) is 4.79 Å². The first-order valence-electron chi connectivity index (χ1n) is 5.38. The van der Waals surface area contributed by atoms with Gasteiger partial charge in [-0.05, 0) is 33.3 Å². The summed E-state index contributed by atoms with van der Waals surface area (Å²) in [5.74, 6) is -0.967. The summed E-state index contributed by atoms with van der Waals surface area (Å²) in [6.07, 6.45) is 4.77. The molecule has 0 fully saturated rings. The highest BCUT2D eigenvalue weighted by molar-refractivity contribution is 5.87. The van der Waals surface area contributed by atoms with Crippen LogP contribution in [0, 0.1) is 0 Å². The molecule has 1 unspecified atom stereocenters.